The topological polar surface area (TPSA) is 92.7 Å². The molecule has 0 saturated heterocycles. The molecule has 146 valence electrons. The number of rotatable bonds is 5. The van der Waals surface area contributed by atoms with Crippen molar-refractivity contribution in [3.05, 3.63) is 80.5 Å². The third kappa shape index (κ3) is 4.28. The van der Waals surface area contributed by atoms with Gasteiger partial charge in [-0.2, -0.15) is 9.78 Å². The van der Waals surface area contributed by atoms with Crippen LogP contribution in [0.2, 0.25) is 5.02 Å². The van der Waals surface area contributed by atoms with E-state index in [1.807, 2.05) is 29.6 Å². The number of benzene rings is 1. The van der Waals surface area contributed by atoms with Gasteiger partial charge in [0.15, 0.2) is 0 Å². The molecule has 2 N–H and O–H groups in total. The molecule has 0 spiro atoms. The second kappa shape index (κ2) is 8.02. The van der Waals surface area contributed by atoms with Gasteiger partial charge in [-0.25, -0.2) is 4.98 Å². The summed E-state index contributed by atoms with van der Waals surface area (Å²) in [5.41, 5.74) is 1.63. The summed E-state index contributed by atoms with van der Waals surface area (Å²) in [7, 11) is 0. The first-order chi connectivity index (χ1) is 14.0. The lowest BCUT2D eigenvalue weighted by atomic mass is 10.1. The Bertz CT molecular complexity index is 1230. The highest BCUT2D eigenvalue weighted by Crippen LogP contribution is 2.27. The van der Waals surface area contributed by atoms with Crippen molar-refractivity contribution in [1.29, 1.82) is 0 Å². The number of halogens is 1. The zero-order chi connectivity index (χ0) is 20.4. The molecule has 9 heteroatoms. The summed E-state index contributed by atoms with van der Waals surface area (Å²) in [6.07, 6.45) is 0.108. The van der Waals surface area contributed by atoms with Crippen LogP contribution in [0.4, 0.5) is 5.82 Å². The number of nitrogens with zero attached hydrogens (tertiary/aromatic N) is 3. The van der Waals surface area contributed by atoms with Gasteiger partial charge in [0.05, 0.1) is 11.3 Å². The number of nitrogens with one attached hydrogen (secondary N) is 2. The molecule has 4 rings (SSSR count). The summed E-state index contributed by atoms with van der Waals surface area (Å²) < 4.78 is 1.42. The van der Waals surface area contributed by atoms with Gasteiger partial charge < -0.3 is 5.32 Å². The van der Waals surface area contributed by atoms with Crippen molar-refractivity contribution < 1.29 is 4.79 Å². The molecule has 1 amide bonds. The Morgan fingerprint density at radius 2 is 2.07 bits per heavy atom. The van der Waals surface area contributed by atoms with E-state index in [2.05, 4.69) is 20.4 Å². The van der Waals surface area contributed by atoms with E-state index >= 15 is 0 Å². The molecule has 7 nitrogen and oxygen atoms in total. The van der Waals surface area contributed by atoms with Gasteiger partial charge >= 0.3 is 0 Å². The lowest BCUT2D eigenvalue weighted by Gasteiger charge is -2.09. The number of H-pyrrole nitrogens is 1. The molecule has 0 unspecified atom stereocenters. The molecule has 4 aromatic rings. The Kier molecular flexibility index (Phi) is 5.28. The van der Waals surface area contributed by atoms with Gasteiger partial charge in [-0.3, -0.25) is 14.6 Å². The van der Waals surface area contributed by atoms with Crippen molar-refractivity contribution in [2.24, 2.45) is 0 Å². The van der Waals surface area contributed by atoms with Gasteiger partial charge in [0.1, 0.15) is 11.5 Å². The minimum absolute atomic E-state index is 0.108. The smallest absolute Gasteiger partial charge is 0.252 e. The molecule has 0 aliphatic carbocycles. The molecule has 3 aromatic heterocycles. The zero-order valence-corrected chi connectivity index (χ0v) is 16.9. The number of hydrogen-bond acceptors (Lipinski definition) is 5. The van der Waals surface area contributed by atoms with Gasteiger partial charge in [0, 0.05) is 22.8 Å². The van der Waals surface area contributed by atoms with E-state index in [1.165, 1.54) is 22.1 Å². The molecule has 1 aromatic carbocycles. The van der Waals surface area contributed by atoms with Crippen molar-refractivity contribution in [1.82, 2.24) is 19.7 Å². The normalized spacial score (nSPS) is 10.8. The molecule has 0 radical (unpaired) electrons. The fourth-order valence-electron chi connectivity index (χ4n) is 2.84. The van der Waals surface area contributed by atoms with Gasteiger partial charge in [-0.1, -0.05) is 35.9 Å². The lowest BCUT2D eigenvalue weighted by molar-refractivity contribution is -0.115. The monoisotopic (exact) mass is 425 g/mol. The second-order valence-electron chi connectivity index (χ2n) is 6.33. The maximum Gasteiger partial charge on any atom is 0.252 e. The van der Waals surface area contributed by atoms with E-state index in [0.717, 1.165) is 10.4 Å². The predicted octanol–water partition coefficient (Wildman–Crippen LogP) is 3.83. The van der Waals surface area contributed by atoms with Crippen LogP contribution in [0.5, 0.6) is 0 Å². The Hall–Kier alpha value is -3.23. The lowest BCUT2D eigenvalue weighted by Crippen LogP contribution is -2.20. The minimum Gasteiger partial charge on any atom is -0.310 e. The molecule has 0 fully saturated rings. The van der Waals surface area contributed by atoms with Crippen LogP contribution in [-0.2, 0) is 11.2 Å². The van der Waals surface area contributed by atoms with Crippen molar-refractivity contribution in [3.8, 4) is 16.5 Å². The molecule has 0 saturated carbocycles. The summed E-state index contributed by atoms with van der Waals surface area (Å²) in [6.45, 7) is 1.72. The highest BCUT2D eigenvalue weighted by atomic mass is 35.5. The Labute approximate surface area is 175 Å². The van der Waals surface area contributed by atoms with Crippen molar-refractivity contribution in [3.63, 3.8) is 0 Å². The number of anilines is 1. The Balaban J connectivity index is 1.70. The molecule has 29 heavy (non-hydrogen) atoms. The first kappa shape index (κ1) is 19.1. The number of hydrogen-bond donors (Lipinski definition) is 2. The summed E-state index contributed by atoms with van der Waals surface area (Å²) in [6, 6.07) is 14.2. The largest absolute Gasteiger partial charge is 0.310 e. The first-order valence-corrected chi connectivity index (χ1v) is 10.0. The molecular formula is C20H16ClN5O2S. The molecular weight excluding hydrogens is 410 g/mol. The number of thiophene rings is 1. The third-order valence-corrected chi connectivity index (χ3v) is 5.38. The van der Waals surface area contributed by atoms with Crippen LogP contribution in [0.25, 0.3) is 16.5 Å². The van der Waals surface area contributed by atoms with Crippen molar-refractivity contribution in [2.45, 2.75) is 13.3 Å². The van der Waals surface area contributed by atoms with Crippen LogP contribution in [-0.4, -0.2) is 25.7 Å². The number of aromatic nitrogens is 4. The van der Waals surface area contributed by atoms with Crippen molar-refractivity contribution in [2.75, 3.05) is 5.32 Å². The van der Waals surface area contributed by atoms with E-state index in [-0.39, 0.29) is 23.8 Å². The molecule has 0 bridgehead atoms. The number of aromatic amines is 1. The highest BCUT2D eigenvalue weighted by Gasteiger charge is 2.17. The summed E-state index contributed by atoms with van der Waals surface area (Å²) in [5.74, 6) is 0.372. The van der Waals surface area contributed by atoms with E-state index in [1.54, 1.807) is 25.1 Å². The van der Waals surface area contributed by atoms with Crippen LogP contribution >= 0.6 is 22.9 Å². The van der Waals surface area contributed by atoms with Gasteiger partial charge in [0.25, 0.3) is 5.56 Å². The highest BCUT2D eigenvalue weighted by molar-refractivity contribution is 7.13. The van der Waals surface area contributed by atoms with Gasteiger partial charge in [-0.15, -0.1) is 11.3 Å². The molecule has 3 heterocycles. The second-order valence-corrected chi connectivity index (χ2v) is 7.69. The number of carbonyl (C=O) groups is 1. The summed E-state index contributed by atoms with van der Waals surface area (Å²) in [4.78, 5) is 32.5. The van der Waals surface area contributed by atoms with Crippen molar-refractivity contribution >= 4 is 34.7 Å². The Morgan fingerprint density at radius 1 is 1.24 bits per heavy atom. The van der Waals surface area contributed by atoms with Gasteiger partial charge in [0.2, 0.25) is 11.9 Å². The van der Waals surface area contributed by atoms with E-state index in [0.29, 0.717) is 22.2 Å². The maximum atomic E-state index is 12.6. The fraction of sp³-hybridized carbons (Fsp3) is 0.100. The molecule has 0 aliphatic heterocycles. The maximum absolute atomic E-state index is 12.6. The average Bonchev–Trinajstić information content (AvgIpc) is 3.32. The molecule has 0 aliphatic rings. The van der Waals surface area contributed by atoms with Crippen LogP contribution < -0.4 is 10.9 Å². The summed E-state index contributed by atoms with van der Waals surface area (Å²) in [5, 5.41) is 9.86. The first-order valence-electron chi connectivity index (χ1n) is 8.75. The van der Waals surface area contributed by atoms with Crippen LogP contribution in [0.1, 0.15) is 11.3 Å². The Morgan fingerprint density at radius 3 is 2.79 bits per heavy atom. The van der Waals surface area contributed by atoms with E-state index in [4.69, 9.17) is 11.6 Å². The number of aryl methyl sites for hydroxylation is 1. The van der Waals surface area contributed by atoms with E-state index in [9.17, 15) is 9.59 Å². The van der Waals surface area contributed by atoms with Crippen LogP contribution in [0.15, 0.2) is 58.7 Å². The number of amides is 1. The zero-order valence-electron chi connectivity index (χ0n) is 15.3. The van der Waals surface area contributed by atoms with Crippen LogP contribution in [0, 0.1) is 6.92 Å². The third-order valence-electron chi connectivity index (χ3n) is 4.12. The van der Waals surface area contributed by atoms with Gasteiger partial charge in [-0.05, 0) is 30.0 Å². The standard InChI is InChI=1S/C20H16ClN5O2S/c1-12-9-18(27)24-20(22-12)26-17(11-15(25-26)16-7-4-8-29-16)23-19(28)10-13-5-2-3-6-14(13)21/h2-9,11H,10H2,1H3,(H,23,28)(H,22,24,27). The predicted molar refractivity (Wildman–Crippen MR) is 114 cm³/mol. The average molecular weight is 426 g/mol. The fourth-order valence-corrected chi connectivity index (χ4v) is 3.73. The number of carbonyl (C=O) groups excluding carboxylic acids is 1. The summed E-state index contributed by atoms with van der Waals surface area (Å²) >= 11 is 7.68. The van der Waals surface area contributed by atoms with E-state index < -0.39 is 0 Å². The quantitative estimate of drug-likeness (QED) is 0.508. The SMILES string of the molecule is Cc1cc(=O)[nH]c(-n2nc(-c3cccs3)cc2NC(=O)Cc2ccccc2Cl)n1. The minimum atomic E-state index is -0.297. The van der Waals surface area contributed by atoms with Crippen LogP contribution in [0.3, 0.4) is 0 Å². The molecule has 0 atom stereocenters.